The Morgan fingerprint density at radius 2 is 2.33 bits per heavy atom. The van der Waals surface area contributed by atoms with E-state index in [1.807, 2.05) is 30.0 Å². The van der Waals surface area contributed by atoms with Gasteiger partial charge >= 0.3 is 0 Å². The van der Waals surface area contributed by atoms with Gasteiger partial charge in [-0.2, -0.15) is 5.10 Å². The monoisotopic (exact) mass is 331 g/mol. The number of anilines is 2. The average molecular weight is 331 g/mol. The van der Waals surface area contributed by atoms with Crippen LogP contribution < -0.4 is 15.1 Å². The summed E-state index contributed by atoms with van der Waals surface area (Å²) >= 11 is 0. The van der Waals surface area contributed by atoms with Crippen molar-refractivity contribution in [2.24, 2.45) is 0 Å². The summed E-state index contributed by atoms with van der Waals surface area (Å²) in [6.07, 6.45) is 3.58. The molecule has 3 N–H and O–H groups in total. The van der Waals surface area contributed by atoms with Crippen molar-refractivity contribution in [3.05, 3.63) is 30.4 Å². The Labute approximate surface area is 139 Å². The third kappa shape index (κ3) is 3.46. The van der Waals surface area contributed by atoms with Crippen LogP contribution >= 0.6 is 0 Å². The topological polar surface area (TPSA) is 110 Å². The lowest BCUT2D eigenvalue weighted by Crippen LogP contribution is -2.45. The zero-order valence-corrected chi connectivity index (χ0v) is 13.7. The number of aromatic nitrogens is 4. The highest BCUT2D eigenvalue weighted by atomic mass is 16.3. The Kier molecular flexibility index (Phi) is 4.34. The van der Waals surface area contributed by atoms with Gasteiger partial charge in [0.05, 0.1) is 0 Å². The van der Waals surface area contributed by atoms with Gasteiger partial charge in [0.25, 0.3) is 5.91 Å². The predicted molar refractivity (Wildman–Crippen MR) is 89.1 cm³/mol. The number of H-pyrrole nitrogens is 1. The van der Waals surface area contributed by atoms with Crippen LogP contribution in [0.15, 0.2) is 24.7 Å². The van der Waals surface area contributed by atoms with E-state index in [9.17, 15) is 9.90 Å². The second kappa shape index (κ2) is 6.44. The molecule has 1 fully saturated rings. The van der Waals surface area contributed by atoms with Crippen LogP contribution in [0.2, 0.25) is 0 Å². The summed E-state index contributed by atoms with van der Waals surface area (Å²) in [5, 5.41) is 19.8. The van der Waals surface area contributed by atoms with Crippen LogP contribution in [0.4, 0.5) is 11.6 Å². The van der Waals surface area contributed by atoms with Crippen LogP contribution in [0.5, 0.6) is 0 Å². The molecule has 1 aliphatic heterocycles. The number of aromatic amines is 1. The minimum atomic E-state index is -0.987. The maximum absolute atomic E-state index is 11.9. The molecular weight excluding hydrogens is 310 g/mol. The summed E-state index contributed by atoms with van der Waals surface area (Å²) in [5.74, 6) is 1.30. The first-order valence-corrected chi connectivity index (χ1v) is 7.71. The Morgan fingerprint density at radius 1 is 1.50 bits per heavy atom. The van der Waals surface area contributed by atoms with Crippen molar-refractivity contribution < 1.29 is 9.90 Å². The number of hydrogen-bond donors (Lipinski definition) is 3. The van der Waals surface area contributed by atoms with E-state index >= 15 is 0 Å². The molecule has 2 aromatic rings. The van der Waals surface area contributed by atoms with Gasteiger partial charge in [-0.3, -0.25) is 9.89 Å². The minimum absolute atomic E-state index is 0.174. The summed E-state index contributed by atoms with van der Waals surface area (Å²) < 4.78 is 0. The molecule has 1 amide bonds. The van der Waals surface area contributed by atoms with Crippen LogP contribution in [0, 0.1) is 0 Å². The first-order chi connectivity index (χ1) is 11.5. The zero-order chi connectivity index (χ0) is 17.2. The number of nitrogens with one attached hydrogen (secondary N) is 2. The smallest absolute Gasteiger partial charge is 0.269 e. The molecule has 1 saturated heterocycles. The Bertz CT molecular complexity index is 704. The second-order valence-electron chi connectivity index (χ2n) is 6.18. The maximum Gasteiger partial charge on any atom is 0.269 e. The van der Waals surface area contributed by atoms with Gasteiger partial charge in [-0.05, 0) is 12.5 Å². The van der Waals surface area contributed by atoms with Crippen molar-refractivity contribution >= 4 is 17.5 Å². The minimum Gasteiger partial charge on any atom is -0.386 e. The number of aliphatic hydroxyl groups is 1. The van der Waals surface area contributed by atoms with Crippen molar-refractivity contribution in [1.29, 1.82) is 0 Å². The molecule has 0 radical (unpaired) electrons. The molecule has 9 heteroatoms. The van der Waals surface area contributed by atoms with Crippen LogP contribution in [-0.2, 0) is 0 Å². The highest BCUT2D eigenvalue weighted by Crippen LogP contribution is 2.26. The number of amides is 1. The molecule has 0 aromatic carbocycles. The first-order valence-electron chi connectivity index (χ1n) is 7.71. The van der Waals surface area contributed by atoms with Crippen molar-refractivity contribution in [3.8, 4) is 0 Å². The molecule has 128 valence electrons. The number of nitrogens with zero attached hydrogens (tertiary/aromatic N) is 5. The van der Waals surface area contributed by atoms with Gasteiger partial charge in [0, 0.05) is 46.0 Å². The van der Waals surface area contributed by atoms with Gasteiger partial charge in [0.2, 0.25) is 0 Å². The molecule has 0 saturated carbocycles. The fourth-order valence-corrected chi connectivity index (χ4v) is 2.67. The molecule has 1 aliphatic rings. The Balaban J connectivity index is 1.61. The maximum atomic E-state index is 11.9. The normalized spacial score (nSPS) is 20.2. The number of hydrogen-bond acceptors (Lipinski definition) is 7. The number of carbonyl (C=O) groups excluding carboxylic acids is 1. The van der Waals surface area contributed by atoms with Gasteiger partial charge in [-0.1, -0.05) is 0 Å². The molecule has 9 nitrogen and oxygen atoms in total. The predicted octanol–water partition coefficient (Wildman–Crippen LogP) is -0.363. The largest absolute Gasteiger partial charge is 0.386 e. The summed E-state index contributed by atoms with van der Waals surface area (Å²) in [6.45, 7) is 1.24. The van der Waals surface area contributed by atoms with Gasteiger partial charge in [-0.15, -0.1) is 0 Å². The first kappa shape index (κ1) is 16.2. The van der Waals surface area contributed by atoms with Crippen LogP contribution in [0.25, 0.3) is 0 Å². The SMILES string of the molecule is CN(C)c1cc(N2CC[C@](O)(CNC(=O)c3ccn[nH]3)C2)ncn1. The molecule has 3 rings (SSSR count). The van der Waals surface area contributed by atoms with Crippen molar-refractivity contribution in [2.75, 3.05) is 43.5 Å². The lowest BCUT2D eigenvalue weighted by molar-refractivity contribution is 0.0574. The van der Waals surface area contributed by atoms with E-state index in [4.69, 9.17) is 0 Å². The van der Waals surface area contributed by atoms with Crippen LogP contribution in [-0.4, -0.2) is 70.5 Å². The second-order valence-corrected chi connectivity index (χ2v) is 6.18. The van der Waals surface area contributed by atoms with Crippen molar-refractivity contribution in [2.45, 2.75) is 12.0 Å². The molecular formula is C15H21N7O2. The van der Waals surface area contributed by atoms with Crippen LogP contribution in [0.3, 0.4) is 0 Å². The number of rotatable bonds is 5. The lowest BCUT2D eigenvalue weighted by Gasteiger charge is -2.24. The number of β-amino-alcohol motifs (C(OH)–C–C–N with tert-alkyl or cyclic N) is 1. The highest BCUT2D eigenvalue weighted by Gasteiger charge is 2.37. The van der Waals surface area contributed by atoms with Gasteiger partial charge in [0.1, 0.15) is 29.3 Å². The van der Waals surface area contributed by atoms with E-state index in [-0.39, 0.29) is 12.5 Å². The molecule has 0 bridgehead atoms. The van der Waals surface area contributed by atoms with Gasteiger partial charge in [-0.25, -0.2) is 9.97 Å². The van der Waals surface area contributed by atoms with E-state index < -0.39 is 5.60 Å². The fraction of sp³-hybridized carbons (Fsp3) is 0.467. The summed E-state index contributed by atoms with van der Waals surface area (Å²) in [4.78, 5) is 24.3. The van der Waals surface area contributed by atoms with E-state index in [1.165, 1.54) is 12.5 Å². The van der Waals surface area contributed by atoms with Crippen molar-refractivity contribution in [1.82, 2.24) is 25.5 Å². The Hall–Kier alpha value is -2.68. The van der Waals surface area contributed by atoms with E-state index in [0.717, 1.165) is 11.6 Å². The Morgan fingerprint density at radius 3 is 3.04 bits per heavy atom. The third-order valence-electron chi connectivity index (χ3n) is 4.08. The van der Waals surface area contributed by atoms with Crippen molar-refractivity contribution in [3.63, 3.8) is 0 Å². The zero-order valence-electron chi connectivity index (χ0n) is 13.7. The van der Waals surface area contributed by atoms with E-state index in [0.29, 0.717) is 25.2 Å². The lowest BCUT2D eigenvalue weighted by atomic mass is 10.0. The van der Waals surface area contributed by atoms with E-state index in [2.05, 4.69) is 25.5 Å². The summed E-state index contributed by atoms with van der Waals surface area (Å²) in [7, 11) is 3.83. The quantitative estimate of drug-likeness (QED) is 0.686. The van der Waals surface area contributed by atoms with Gasteiger partial charge in [0.15, 0.2) is 0 Å². The van der Waals surface area contributed by atoms with Gasteiger partial charge < -0.3 is 20.2 Å². The summed E-state index contributed by atoms with van der Waals surface area (Å²) in [5.41, 5.74) is -0.612. The molecule has 24 heavy (non-hydrogen) atoms. The number of carbonyl (C=O) groups is 1. The highest BCUT2D eigenvalue weighted by molar-refractivity contribution is 5.92. The molecule has 3 heterocycles. The standard InChI is InChI=1S/C15H21N7O2/c1-21(2)12-7-13(18-10-17-12)22-6-4-15(24,9-22)8-16-14(23)11-3-5-19-20-11/h3,5,7,10,24H,4,6,8-9H2,1-2H3,(H,16,23)(H,19,20)/t15-/m0/s1. The third-order valence-corrected chi connectivity index (χ3v) is 4.08. The fourth-order valence-electron chi connectivity index (χ4n) is 2.67. The molecule has 0 spiro atoms. The molecule has 0 unspecified atom stereocenters. The van der Waals surface area contributed by atoms with E-state index in [1.54, 1.807) is 6.07 Å². The molecule has 2 aromatic heterocycles. The average Bonchev–Trinajstić information content (AvgIpc) is 3.23. The summed E-state index contributed by atoms with van der Waals surface area (Å²) in [6, 6.07) is 3.47. The molecule has 1 atom stereocenters. The van der Waals surface area contributed by atoms with Crippen LogP contribution in [0.1, 0.15) is 16.9 Å². The molecule has 0 aliphatic carbocycles.